The van der Waals surface area contributed by atoms with E-state index >= 15 is 0 Å². The van der Waals surface area contributed by atoms with Crippen LogP contribution in [0.25, 0.3) is 0 Å². The number of fused-ring (bicyclic) bond motifs is 2. The van der Waals surface area contributed by atoms with E-state index in [1.807, 2.05) is 0 Å². The highest BCUT2D eigenvalue weighted by molar-refractivity contribution is 5.93. The highest BCUT2D eigenvalue weighted by Gasteiger charge is 2.49. The number of nitrogens with zero attached hydrogens (tertiary/aromatic N) is 2. The van der Waals surface area contributed by atoms with Gasteiger partial charge in [-0.1, -0.05) is 0 Å². The predicted molar refractivity (Wildman–Crippen MR) is 91.6 cm³/mol. The third kappa shape index (κ3) is 3.42. The third-order valence-corrected chi connectivity index (χ3v) is 5.43. The minimum absolute atomic E-state index is 0. The van der Waals surface area contributed by atoms with Gasteiger partial charge in [0.25, 0.3) is 0 Å². The van der Waals surface area contributed by atoms with Crippen LogP contribution >= 0.6 is 12.4 Å². The van der Waals surface area contributed by atoms with Crippen molar-refractivity contribution in [3.05, 3.63) is 12.4 Å². The van der Waals surface area contributed by atoms with Crippen LogP contribution < -0.4 is 16.4 Å². The van der Waals surface area contributed by atoms with Crippen molar-refractivity contribution in [1.29, 1.82) is 0 Å². The van der Waals surface area contributed by atoms with Crippen molar-refractivity contribution in [3.8, 4) is 0 Å². The topological polar surface area (TPSA) is 102 Å². The lowest BCUT2D eigenvalue weighted by Crippen LogP contribution is -2.42. The molecule has 2 bridgehead atoms. The van der Waals surface area contributed by atoms with Crippen molar-refractivity contribution in [1.82, 2.24) is 15.1 Å². The minimum atomic E-state index is -0.0877. The molecule has 4 N–H and O–H groups in total. The Labute approximate surface area is 147 Å². The zero-order chi connectivity index (χ0) is 16.0. The van der Waals surface area contributed by atoms with Gasteiger partial charge in [0.05, 0.1) is 17.8 Å². The second kappa shape index (κ2) is 6.72. The number of carbonyl (C=O) groups is 2. The molecule has 4 rings (SSSR count). The van der Waals surface area contributed by atoms with E-state index in [4.69, 9.17) is 5.73 Å². The lowest BCUT2D eigenvalue weighted by atomic mass is 9.84. The largest absolute Gasteiger partial charge is 0.352 e. The number of rotatable bonds is 5. The summed E-state index contributed by atoms with van der Waals surface area (Å²) in [4.78, 5) is 24.3. The maximum absolute atomic E-state index is 12.5. The van der Waals surface area contributed by atoms with Gasteiger partial charge in [-0.15, -0.1) is 12.4 Å². The summed E-state index contributed by atoms with van der Waals surface area (Å²) >= 11 is 0. The van der Waals surface area contributed by atoms with E-state index in [1.165, 1.54) is 0 Å². The molecular weight excluding hydrogens is 330 g/mol. The molecule has 2 amide bonds. The van der Waals surface area contributed by atoms with E-state index < -0.39 is 0 Å². The van der Waals surface area contributed by atoms with Crippen molar-refractivity contribution < 1.29 is 9.59 Å². The normalized spacial score (nSPS) is 30.7. The van der Waals surface area contributed by atoms with Gasteiger partial charge in [-0.3, -0.25) is 14.3 Å². The fourth-order valence-electron chi connectivity index (χ4n) is 4.11. The molecule has 1 aromatic rings. The maximum atomic E-state index is 12.5. The number of aromatic nitrogens is 2. The number of hydrogen-bond acceptors (Lipinski definition) is 4. The monoisotopic (exact) mass is 353 g/mol. The molecule has 1 aromatic heterocycles. The smallest absolute Gasteiger partial charge is 0.241 e. The second-order valence-electron chi connectivity index (χ2n) is 7.19. The van der Waals surface area contributed by atoms with Crippen LogP contribution in [0, 0.1) is 17.8 Å². The van der Waals surface area contributed by atoms with Gasteiger partial charge in [0.15, 0.2) is 0 Å². The molecule has 1 heterocycles. The van der Waals surface area contributed by atoms with Gasteiger partial charge in [0, 0.05) is 18.3 Å². The molecule has 0 aliphatic heterocycles. The molecular formula is C16H24ClN5O2. The molecule has 0 saturated heterocycles. The molecule has 3 fully saturated rings. The highest BCUT2D eigenvalue weighted by atomic mass is 35.5. The number of amides is 2. The van der Waals surface area contributed by atoms with Gasteiger partial charge in [0.1, 0.15) is 6.54 Å². The van der Waals surface area contributed by atoms with Gasteiger partial charge in [0.2, 0.25) is 11.8 Å². The van der Waals surface area contributed by atoms with Crippen LogP contribution in [-0.2, 0) is 16.1 Å². The second-order valence-corrected chi connectivity index (χ2v) is 7.19. The van der Waals surface area contributed by atoms with Gasteiger partial charge in [-0.05, 0) is 43.9 Å². The number of anilines is 1. The Hall–Kier alpha value is -1.60. The summed E-state index contributed by atoms with van der Waals surface area (Å²) < 4.78 is 1.55. The van der Waals surface area contributed by atoms with E-state index in [9.17, 15) is 9.59 Å². The highest BCUT2D eigenvalue weighted by Crippen LogP contribution is 2.47. The molecule has 3 saturated carbocycles. The number of hydrogen-bond donors (Lipinski definition) is 3. The number of nitrogens with two attached hydrogens (primary N) is 1. The summed E-state index contributed by atoms with van der Waals surface area (Å²) in [6.45, 7) is 0.181. The fraction of sp³-hybridized carbons (Fsp3) is 0.688. The van der Waals surface area contributed by atoms with Crippen LogP contribution in [0.5, 0.6) is 0 Å². The molecule has 3 aliphatic rings. The average molecular weight is 354 g/mol. The van der Waals surface area contributed by atoms with E-state index in [0.29, 0.717) is 23.6 Å². The molecule has 4 atom stereocenters. The van der Waals surface area contributed by atoms with Crippen LogP contribution in [0.4, 0.5) is 5.69 Å². The van der Waals surface area contributed by atoms with Crippen molar-refractivity contribution in [2.24, 2.45) is 23.5 Å². The quantitative estimate of drug-likeness (QED) is 0.731. The Bertz CT molecular complexity index is 628. The molecule has 0 aromatic carbocycles. The van der Waals surface area contributed by atoms with E-state index in [2.05, 4.69) is 15.7 Å². The molecule has 8 heteroatoms. The summed E-state index contributed by atoms with van der Waals surface area (Å²) in [7, 11) is 0. The van der Waals surface area contributed by atoms with Crippen LogP contribution in [0.2, 0.25) is 0 Å². The average Bonchev–Trinajstić information content (AvgIpc) is 2.92. The molecule has 3 aliphatic carbocycles. The lowest BCUT2D eigenvalue weighted by Gasteiger charge is -2.26. The van der Waals surface area contributed by atoms with Crippen molar-refractivity contribution in [2.45, 2.75) is 50.7 Å². The number of halogens is 1. The van der Waals surface area contributed by atoms with E-state index in [1.54, 1.807) is 17.1 Å². The minimum Gasteiger partial charge on any atom is -0.352 e. The zero-order valence-corrected chi connectivity index (χ0v) is 14.3. The lowest BCUT2D eigenvalue weighted by molar-refractivity contribution is -0.122. The van der Waals surface area contributed by atoms with Gasteiger partial charge in [-0.2, -0.15) is 5.10 Å². The summed E-state index contributed by atoms with van der Waals surface area (Å²) in [5.41, 5.74) is 6.84. The molecule has 132 valence electrons. The molecule has 7 nitrogen and oxygen atoms in total. The summed E-state index contributed by atoms with van der Waals surface area (Å²) in [6, 6.07) is 0.324. The fourth-order valence-corrected chi connectivity index (χ4v) is 4.11. The van der Waals surface area contributed by atoms with E-state index in [0.717, 1.165) is 32.1 Å². The van der Waals surface area contributed by atoms with Crippen LogP contribution in [0.15, 0.2) is 12.4 Å². The van der Waals surface area contributed by atoms with Gasteiger partial charge in [-0.25, -0.2) is 0 Å². The summed E-state index contributed by atoms with van der Waals surface area (Å²) in [6.07, 6.45) is 8.76. The number of carbonyl (C=O) groups excluding carboxylic acids is 2. The summed E-state index contributed by atoms with van der Waals surface area (Å²) in [5, 5.41) is 9.97. The molecule has 0 radical (unpaired) electrons. The first kappa shape index (κ1) is 17.2. The molecule has 4 unspecified atom stereocenters. The SMILES string of the molecule is Cl.NC1C2CCC(C2)C1C(=O)Nc1cnn(CC(=O)NC2CC2)c1. The predicted octanol–water partition coefficient (Wildman–Crippen LogP) is 0.895. The standard InChI is InChI=1S/C16H23N5O2.ClH/c17-15-10-2-1-9(5-10)14(15)16(23)20-12-6-18-21(7-12)8-13(22)19-11-3-4-11;/h6-7,9-11,14-15H,1-5,8,17H2,(H,19,22)(H,20,23);1H. The van der Waals surface area contributed by atoms with Crippen LogP contribution in [-0.4, -0.2) is 33.7 Å². The first-order chi connectivity index (χ1) is 11.1. The Morgan fingerprint density at radius 3 is 2.67 bits per heavy atom. The first-order valence-electron chi connectivity index (χ1n) is 8.48. The van der Waals surface area contributed by atoms with Crippen LogP contribution in [0.1, 0.15) is 32.1 Å². The van der Waals surface area contributed by atoms with Crippen molar-refractivity contribution in [2.75, 3.05) is 5.32 Å². The van der Waals surface area contributed by atoms with Crippen molar-refractivity contribution >= 4 is 29.9 Å². The third-order valence-electron chi connectivity index (χ3n) is 5.43. The van der Waals surface area contributed by atoms with Gasteiger partial charge >= 0.3 is 0 Å². The molecule has 24 heavy (non-hydrogen) atoms. The Morgan fingerprint density at radius 1 is 1.25 bits per heavy atom. The van der Waals surface area contributed by atoms with Crippen LogP contribution in [0.3, 0.4) is 0 Å². The zero-order valence-electron chi connectivity index (χ0n) is 13.5. The van der Waals surface area contributed by atoms with Crippen molar-refractivity contribution in [3.63, 3.8) is 0 Å². The maximum Gasteiger partial charge on any atom is 0.241 e. The first-order valence-corrected chi connectivity index (χ1v) is 8.48. The Morgan fingerprint density at radius 2 is 2.00 bits per heavy atom. The summed E-state index contributed by atoms with van der Waals surface area (Å²) in [5.74, 6) is 0.796. The van der Waals surface area contributed by atoms with E-state index in [-0.39, 0.29) is 42.7 Å². The molecule has 0 spiro atoms. The number of nitrogens with one attached hydrogen (secondary N) is 2. The van der Waals surface area contributed by atoms with Gasteiger partial charge < -0.3 is 16.4 Å². The Kier molecular flexibility index (Phi) is 4.83. The Balaban J connectivity index is 0.00000169.